The quantitative estimate of drug-likeness (QED) is 0.600. The maximum atomic E-state index is 13.1. The van der Waals surface area contributed by atoms with Gasteiger partial charge >= 0.3 is 0 Å². The van der Waals surface area contributed by atoms with Crippen LogP contribution in [0, 0.1) is 5.92 Å². The molecule has 1 unspecified atom stereocenters. The van der Waals surface area contributed by atoms with Crippen LogP contribution >= 0.6 is 0 Å². The minimum Gasteiger partial charge on any atom is -0.365 e. The molecule has 2 aliphatic carbocycles. The Morgan fingerprint density at radius 3 is 2.55 bits per heavy atom. The third-order valence-electron chi connectivity index (χ3n) is 10.1. The van der Waals surface area contributed by atoms with Gasteiger partial charge in [-0.3, -0.25) is 19.5 Å². The first-order chi connectivity index (χ1) is 18.4. The number of amides is 1. The summed E-state index contributed by atoms with van der Waals surface area (Å²) in [6.45, 7) is 4.27. The monoisotopic (exact) mass is 521 g/mol. The molecule has 1 spiro atoms. The van der Waals surface area contributed by atoms with E-state index < -0.39 is 6.35 Å². The van der Waals surface area contributed by atoms with Crippen molar-refractivity contribution < 1.29 is 9.90 Å². The Bertz CT molecular complexity index is 1110. The van der Waals surface area contributed by atoms with Gasteiger partial charge in [-0.2, -0.15) is 5.10 Å². The van der Waals surface area contributed by atoms with E-state index in [2.05, 4.69) is 69.2 Å². The Balaban J connectivity index is 1.15. The Labute approximate surface area is 226 Å². The highest BCUT2D eigenvalue weighted by Crippen LogP contribution is 2.50. The van der Waals surface area contributed by atoms with E-state index in [4.69, 9.17) is 0 Å². The first kappa shape index (κ1) is 25.9. The Hall–Kier alpha value is -2.33. The van der Waals surface area contributed by atoms with Crippen molar-refractivity contribution in [2.75, 3.05) is 40.3 Å². The van der Waals surface area contributed by atoms with E-state index in [1.165, 1.54) is 24.8 Å². The van der Waals surface area contributed by atoms with Crippen LogP contribution in [0.25, 0.3) is 0 Å². The molecule has 1 aromatic carbocycles. The molecule has 2 aromatic rings. The number of aliphatic hydroxyl groups excluding tert-OH is 1. The number of rotatable bonds is 7. The summed E-state index contributed by atoms with van der Waals surface area (Å²) in [6, 6.07) is 10.9. The van der Waals surface area contributed by atoms with Crippen LogP contribution in [-0.2, 0) is 23.4 Å². The number of hydrogen-bond acceptors (Lipinski definition) is 7. The number of nitrogens with zero attached hydrogens (tertiary/aromatic N) is 7. The third-order valence-corrected chi connectivity index (χ3v) is 10.1. The average molecular weight is 522 g/mol. The summed E-state index contributed by atoms with van der Waals surface area (Å²) in [4.78, 5) is 26.3. The largest absolute Gasteiger partial charge is 0.365 e. The van der Waals surface area contributed by atoms with Gasteiger partial charge in [-0.1, -0.05) is 36.8 Å². The van der Waals surface area contributed by atoms with Gasteiger partial charge in [0.2, 0.25) is 5.91 Å². The maximum Gasteiger partial charge on any atom is 0.224 e. The summed E-state index contributed by atoms with van der Waals surface area (Å²) in [5, 5.41) is 15.8. The zero-order valence-electron chi connectivity index (χ0n) is 23.0. The highest BCUT2D eigenvalue weighted by Gasteiger charge is 2.55. The van der Waals surface area contributed by atoms with E-state index in [1.807, 2.05) is 9.58 Å². The molecule has 4 aliphatic rings. The fourth-order valence-electron chi connectivity index (χ4n) is 7.42. The number of aliphatic hydroxyl groups is 1. The molecule has 1 atom stereocenters. The Kier molecular flexibility index (Phi) is 7.05. The van der Waals surface area contributed by atoms with Gasteiger partial charge in [0, 0.05) is 43.7 Å². The molecule has 206 valence electrons. The van der Waals surface area contributed by atoms with Crippen molar-refractivity contribution in [3.8, 4) is 0 Å². The predicted octanol–water partition coefficient (Wildman–Crippen LogP) is 2.47. The van der Waals surface area contributed by atoms with Gasteiger partial charge in [0.05, 0.1) is 13.1 Å². The summed E-state index contributed by atoms with van der Waals surface area (Å²) in [5.41, 5.74) is 1.38. The van der Waals surface area contributed by atoms with Gasteiger partial charge in [-0.05, 0) is 64.1 Å². The number of carbonyl (C=O) groups is 1. The highest BCUT2D eigenvalue weighted by molar-refractivity contribution is 5.76. The van der Waals surface area contributed by atoms with E-state index in [1.54, 1.807) is 6.33 Å². The van der Waals surface area contributed by atoms with E-state index in [0.29, 0.717) is 38.5 Å². The molecule has 6 rings (SSSR count). The Morgan fingerprint density at radius 1 is 1.11 bits per heavy atom. The summed E-state index contributed by atoms with van der Waals surface area (Å²) in [6.07, 6.45) is 9.45. The molecule has 1 amide bonds. The van der Waals surface area contributed by atoms with Crippen molar-refractivity contribution in [3.63, 3.8) is 0 Å². The summed E-state index contributed by atoms with van der Waals surface area (Å²) < 4.78 is 1.88. The number of hydrogen-bond donors (Lipinski definition) is 1. The van der Waals surface area contributed by atoms with E-state index >= 15 is 0 Å². The molecule has 1 aromatic heterocycles. The molecular weight excluding hydrogens is 478 g/mol. The van der Waals surface area contributed by atoms with Crippen LogP contribution < -0.4 is 0 Å². The second-order valence-electron chi connectivity index (χ2n) is 12.2. The minimum atomic E-state index is -0.614. The van der Waals surface area contributed by atoms with E-state index in [0.717, 1.165) is 44.6 Å². The number of carbonyl (C=O) groups excluding carboxylic acids is 1. The van der Waals surface area contributed by atoms with Crippen LogP contribution in [0.5, 0.6) is 0 Å². The normalized spacial score (nSPS) is 30.6. The number of benzene rings is 1. The topological polar surface area (TPSA) is 81.0 Å². The SMILES string of the molecule is CN(C)C1(c2ccccc2)CCC2(CC1)CN(CCC(=O)N1CCn3ncnc3C1)C(O)N2CC1CCC1. The van der Waals surface area contributed by atoms with Crippen molar-refractivity contribution in [1.82, 2.24) is 34.4 Å². The van der Waals surface area contributed by atoms with Gasteiger partial charge in [-0.15, -0.1) is 0 Å². The van der Waals surface area contributed by atoms with Crippen molar-refractivity contribution in [2.24, 2.45) is 5.92 Å². The molecule has 38 heavy (non-hydrogen) atoms. The molecule has 1 N–H and O–H groups in total. The van der Waals surface area contributed by atoms with Crippen molar-refractivity contribution in [2.45, 2.75) is 81.9 Å². The van der Waals surface area contributed by atoms with Crippen LogP contribution in [0.15, 0.2) is 36.7 Å². The lowest BCUT2D eigenvalue weighted by Crippen LogP contribution is -2.57. The fourth-order valence-corrected chi connectivity index (χ4v) is 7.42. The van der Waals surface area contributed by atoms with Crippen molar-refractivity contribution in [1.29, 1.82) is 0 Å². The minimum absolute atomic E-state index is 0.0256. The zero-order valence-corrected chi connectivity index (χ0v) is 23.0. The van der Waals surface area contributed by atoms with Gasteiger partial charge in [-0.25, -0.2) is 9.67 Å². The molecule has 2 saturated carbocycles. The summed E-state index contributed by atoms with van der Waals surface area (Å²) >= 11 is 0. The predicted molar refractivity (Wildman–Crippen MR) is 145 cm³/mol. The van der Waals surface area contributed by atoms with E-state index in [-0.39, 0.29) is 17.0 Å². The third kappa shape index (κ3) is 4.57. The molecule has 1 saturated heterocycles. The van der Waals surface area contributed by atoms with Crippen LogP contribution in [0.1, 0.15) is 62.8 Å². The second-order valence-corrected chi connectivity index (χ2v) is 12.2. The number of aromatic nitrogens is 3. The summed E-state index contributed by atoms with van der Waals surface area (Å²) in [5.74, 6) is 1.67. The lowest BCUT2D eigenvalue weighted by molar-refractivity contribution is -0.134. The molecule has 3 heterocycles. The van der Waals surface area contributed by atoms with Crippen LogP contribution in [0.4, 0.5) is 0 Å². The zero-order chi connectivity index (χ0) is 26.3. The van der Waals surface area contributed by atoms with E-state index in [9.17, 15) is 9.90 Å². The van der Waals surface area contributed by atoms with Crippen molar-refractivity contribution in [3.05, 3.63) is 48.0 Å². The van der Waals surface area contributed by atoms with Gasteiger partial charge in [0.15, 0.2) is 6.35 Å². The molecule has 0 radical (unpaired) electrons. The van der Waals surface area contributed by atoms with Crippen molar-refractivity contribution >= 4 is 5.91 Å². The molecular formula is C29H43N7O2. The lowest BCUT2D eigenvalue weighted by Gasteiger charge is -2.52. The van der Waals surface area contributed by atoms with Gasteiger partial charge in [0.1, 0.15) is 12.2 Å². The van der Waals surface area contributed by atoms with Crippen LogP contribution in [0.2, 0.25) is 0 Å². The molecule has 9 nitrogen and oxygen atoms in total. The second kappa shape index (κ2) is 10.3. The number of fused-ring (bicyclic) bond motifs is 1. The summed E-state index contributed by atoms with van der Waals surface area (Å²) in [7, 11) is 4.42. The smallest absolute Gasteiger partial charge is 0.224 e. The van der Waals surface area contributed by atoms with Gasteiger partial charge in [0.25, 0.3) is 0 Å². The van der Waals surface area contributed by atoms with Gasteiger partial charge < -0.3 is 10.0 Å². The standard InChI is InChI=1S/C29H43N7O2/c1-32(2)29(24-9-4-3-5-10-24)14-12-28(13-15-29)21-34(27(38)35(28)19-23-7-6-8-23)16-11-26(37)33-17-18-36-25(20-33)30-22-31-36/h3-5,9-10,22-23,27,38H,6-8,11-21H2,1-2H3. The maximum absolute atomic E-state index is 13.1. The lowest BCUT2D eigenvalue weighted by atomic mass is 9.68. The molecule has 2 aliphatic heterocycles. The average Bonchev–Trinajstić information content (AvgIpc) is 3.48. The highest BCUT2D eigenvalue weighted by atomic mass is 16.3. The van der Waals surface area contributed by atoms with Crippen LogP contribution in [-0.4, -0.2) is 97.5 Å². The Morgan fingerprint density at radius 2 is 1.87 bits per heavy atom. The first-order valence-corrected chi connectivity index (χ1v) is 14.5. The molecule has 0 bridgehead atoms. The van der Waals surface area contributed by atoms with Crippen LogP contribution in [0.3, 0.4) is 0 Å². The molecule has 3 fully saturated rings. The fraction of sp³-hybridized carbons (Fsp3) is 0.690. The molecule has 9 heteroatoms. The first-order valence-electron chi connectivity index (χ1n) is 14.5.